The van der Waals surface area contributed by atoms with Crippen LogP contribution in [0.4, 0.5) is 0 Å². The van der Waals surface area contributed by atoms with E-state index in [1.165, 1.54) is 6.20 Å². The fraction of sp³-hybridized carbons (Fsp3) is 0.182. The molecular weight excluding hydrogens is 238 g/mol. The lowest BCUT2D eigenvalue weighted by Gasteiger charge is -2.08. The molecule has 0 radical (unpaired) electrons. The Bertz CT molecular complexity index is 510. The summed E-state index contributed by atoms with van der Waals surface area (Å²) in [5.41, 5.74) is 0. The summed E-state index contributed by atoms with van der Waals surface area (Å²) in [6.45, 7) is -0.318. The lowest BCUT2D eigenvalue weighted by atomic mass is 10.4. The van der Waals surface area contributed by atoms with E-state index < -0.39 is 12.1 Å². The van der Waals surface area contributed by atoms with Crippen LogP contribution in [0.2, 0.25) is 0 Å². The monoisotopic (exact) mass is 249 g/mol. The molecule has 2 rings (SSSR count). The minimum atomic E-state index is -1.54. The van der Waals surface area contributed by atoms with E-state index in [2.05, 4.69) is 9.97 Å². The Balaban J connectivity index is 1.98. The topological polar surface area (TPSA) is 97.5 Å². The van der Waals surface area contributed by atoms with Crippen molar-refractivity contribution >= 4 is 5.97 Å². The van der Waals surface area contributed by atoms with Crippen molar-refractivity contribution in [1.82, 2.24) is 14.5 Å². The molecule has 0 aliphatic heterocycles. The van der Waals surface area contributed by atoms with Gasteiger partial charge in [-0.2, -0.15) is 0 Å². The highest BCUT2D eigenvalue weighted by molar-refractivity contribution is 5.72. The molecule has 18 heavy (non-hydrogen) atoms. The molecule has 0 aromatic carbocycles. The van der Waals surface area contributed by atoms with Crippen molar-refractivity contribution in [2.24, 2.45) is 0 Å². The molecule has 7 nitrogen and oxygen atoms in total. The van der Waals surface area contributed by atoms with Gasteiger partial charge in [0.15, 0.2) is 6.10 Å². The summed E-state index contributed by atoms with van der Waals surface area (Å²) in [5.74, 6) is -0.268. The number of carboxylic acids is 1. The SMILES string of the molecule is O=C(O)[C@H](O)COc1ccc(-n2ccnc2)nc1. The number of rotatable bonds is 5. The van der Waals surface area contributed by atoms with Crippen molar-refractivity contribution in [1.29, 1.82) is 0 Å². The van der Waals surface area contributed by atoms with Crippen molar-refractivity contribution in [2.45, 2.75) is 6.10 Å². The maximum atomic E-state index is 10.4. The second-order valence-corrected chi connectivity index (χ2v) is 3.49. The Morgan fingerprint density at radius 1 is 1.50 bits per heavy atom. The number of ether oxygens (including phenoxy) is 1. The van der Waals surface area contributed by atoms with E-state index in [0.29, 0.717) is 11.6 Å². The van der Waals surface area contributed by atoms with Crippen LogP contribution < -0.4 is 4.74 Å². The van der Waals surface area contributed by atoms with Crippen LogP contribution in [0, 0.1) is 0 Å². The van der Waals surface area contributed by atoms with E-state index in [1.807, 2.05) is 0 Å². The quantitative estimate of drug-likeness (QED) is 0.779. The number of hydrogen-bond donors (Lipinski definition) is 2. The molecule has 0 saturated heterocycles. The van der Waals surface area contributed by atoms with Gasteiger partial charge in [-0.25, -0.2) is 14.8 Å². The first-order valence-electron chi connectivity index (χ1n) is 5.15. The van der Waals surface area contributed by atoms with Crippen LogP contribution in [-0.4, -0.2) is 43.4 Å². The first-order chi connectivity index (χ1) is 8.66. The highest BCUT2D eigenvalue weighted by atomic mass is 16.5. The summed E-state index contributed by atoms with van der Waals surface area (Å²) in [4.78, 5) is 18.4. The maximum Gasteiger partial charge on any atom is 0.336 e. The number of aliphatic carboxylic acids is 1. The van der Waals surface area contributed by atoms with Crippen molar-refractivity contribution in [3.63, 3.8) is 0 Å². The van der Waals surface area contributed by atoms with Gasteiger partial charge in [0, 0.05) is 12.4 Å². The molecule has 0 spiro atoms. The van der Waals surface area contributed by atoms with Gasteiger partial charge in [0.1, 0.15) is 24.5 Å². The normalized spacial score (nSPS) is 12.1. The summed E-state index contributed by atoms with van der Waals surface area (Å²) in [7, 11) is 0. The van der Waals surface area contributed by atoms with Crippen LogP contribution in [0.15, 0.2) is 37.1 Å². The lowest BCUT2D eigenvalue weighted by Crippen LogP contribution is -2.26. The van der Waals surface area contributed by atoms with E-state index in [0.717, 1.165) is 0 Å². The summed E-state index contributed by atoms with van der Waals surface area (Å²) < 4.78 is 6.80. The minimum Gasteiger partial charge on any atom is -0.489 e. The standard InChI is InChI=1S/C11H11N3O4/c15-9(11(16)17)6-18-8-1-2-10(13-5-8)14-4-3-12-7-14/h1-5,7,9,15H,6H2,(H,16,17)/t9-/m1/s1. The Kier molecular flexibility index (Phi) is 3.54. The van der Waals surface area contributed by atoms with Crippen LogP contribution in [0.5, 0.6) is 5.75 Å². The largest absolute Gasteiger partial charge is 0.489 e. The third kappa shape index (κ3) is 2.83. The minimum absolute atomic E-state index is 0.318. The zero-order chi connectivity index (χ0) is 13.0. The van der Waals surface area contributed by atoms with Crippen LogP contribution in [-0.2, 0) is 4.79 Å². The number of hydrogen-bond acceptors (Lipinski definition) is 5. The first-order valence-corrected chi connectivity index (χ1v) is 5.15. The van der Waals surface area contributed by atoms with Gasteiger partial charge in [-0.1, -0.05) is 0 Å². The molecule has 0 saturated carbocycles. The predicted molar refractivity (Wildman–Crippen MR) is 60.5 cm³/mol. The van der Waals surface area contributed by atoms with Gasteiger partial charge in [-0.05, 0) is 12.1 Å². The first kappa shape index (κ1) is 12.1. The fourth-order valence-corrected chi connectivity index (χ4v) is 1.25. The third-order valence-corrected chi connectivity index (χ3v) is 2.18. The highest BCUT2D eigenvalue weighted by Gasteiger charge is 2.13. The molecule has 2 aromatic rings. The molecule has 1 atom stereocenters. The summed E-state index contributed by atoms with van der Waals surface area (Å²) in [6.07, 6.45) is 4.89. The van der Waals surface area contributed by atoms with E-state index in [1.54, 1.807) is 35.4 Å². The number of carbonyl (C=O) groups is 1. The molecule has 2 aromatic heterocycles. The van der Waals surface area contributed by atoms with Crippen molar-refractivity contribution in [3.05, 3.63) is 37.1 Å². The molecule has 0 aliphatic rings. The smallest absolute Gasteiger partial charge is 0.336 e. The van der Waals surface area contributed by atoms with Crippen molar-refractivity contribution in [2.75, 3.05) is 6.61 Å². The summed E-state index contributed by atoms with van der Waals surface area (Å²) in [6, 6.07) is 3.33. The van der Waals surface area contributed by atoms with Gasteiger partial charge < -0.3 is 14.9 Å². The van der Waals surface area contributed by atoms with Crippen LogP contribution >= 0.6 is 0 Å². The van der Waals surface area contributed by atoms with Crippen LogP contribution in [0.3, 0.4) is 0 Å². The number of imidazole rings is 1. The van der Waals surface area contributed by atoms with Gasteiger partial charge in [-0.3, -0.25) is 4.57 Å². The Morgan fingerprint density at radius 3 is 2.89 bits per heavy atom. The molecule has 0 unspecified atom stereocenters. The average molecular weight is 249 g/mol. The van der Waals surface area contributed by atoms with Gasteiger partial charge in [-0.15, -0.1) is 0 Å². The maximum absolute atomic E-state index is 10.4. The predicted octanol–water partition coefficient (Wildman–Crippen LogP) is 0.0916. The molecule has 7 heteroatoms. The van der Waals surface area contributed by atoms with Gasteiger partial charge in [0.25, 0.3) is 0 Å². The highest BCUT2D eigenvalue weighted by Crippen LogP contribution is 2.11. The number of aromatic nitrogens is 3. The van der Waals surface area contributed by atoms with Crippen molar-refractivity contribution < 1.29 is 19.7 Å². The van der Waals surface area contributed by atoms with Gasteiger partial charge in [0.05, 0.1) is 6.20 Å². The molecule has 0 aliphatic carbocycles. The summed E-state index contributed by atoms with van der Waals surface area (Å²) >= 11 is 0. The Hall–Kier alpha value is -2.41. The van der Waals surface area contributed by atoms with E-state index in [9.17, 15) is 4.79 Å². The Morgan fingerprint density at radius 2 is 2.33 bits per heavy atom. The zero-order valence-corrected chi connectivity index (χ0v) is 9.30. The van der Waals surface area contributed by atoms with Crippen LogP contribution in [0.1, 0.15) is 0 Å². The molecular formula is C11H11N3O4. The molecule has 94 valence electrons. The molecule has 2 N–H and O–H groups in total. The molecule has 0 amide bonds. The summed E-state index contributed by atoms with van der Waals surface area (Å²) in [5, 5.41) is 17.5. The fourth-order valence-electron chi connectivity index (χ4n) is 1.25. The Labute approximate surface area is 102 Å². The second-order valence-electron chi connectivity index (χ2n) is 3.49. The number of aliphatic hydroxyl groups is 1. The number of carboxylic acid groups (broad SMARTS) is 1. The van der Waals surface area contributed by atoms with E-state index in [4.69, 9.17) is 14.9 Å². The third-order valence-electron chi connectivity index (χ3n) is 2.18. The second kappa shape index (κ2) is 5.28. The molecule has 0 bridgehead atoms. The number of nitrogens with zero attached hydrogens (tertiary/aromatic N) is 3. The van der Waals surface area contributed by atoms with Gasteiger partial charge >= 0.3 is 5.97 Å². The van der Waals surface area contributed by atoms with Gasteiger partial charge in [0.2, 0.25) is 0 Å². The van der Waals surface area contributed by atoms with Crippen LogP contribution in [0.25, 0.3) is 5.82 Å². The average Bonchev–Trinajstić information content (AvgIpc) is 2.90. The molecule has 0 fully saturated rings. The van der Waals surface area contributed by atoms with E-state index in [-0.39, 0.29) is 6.61 Å². The lowest BCUT2D eigenvalue weighted by molar-refractivity contribution is -0.148. The number of pyridine rings is 1. The van der Waals surface area contributed by atoms with Crippen molar-refractivity contribution in [3.8, 4) is 11.6 Å². The molecule has 2 heterocycles. The number of aliphatic hydroxyl groups excluding tert-OH is 1. The zero-order valence-electron chi connectivity index (χ0n) is 9.30. The van der Waals surface area contributed by atoms with E-state index >= 15 is 0 Å².